The van der Waals surface area contributed by atoms with Gasteiger partial charge < -0.3 is 5.32 Å². The highest BCUT2D eigenvalue weighted by molar-refractivity contribution is 7.99. The van der Waals surface area contributed by atoms with E-state index >= 15 is 0 Å². The first kappa shape index (κ1) is 14.0. The van der Waals surface area contributed by atoms with Gasteiger partial charge in [0.05, 0.1) is 6.20 Å². The van der Waals surface area contributed by atoms with Crippen LogP contribution >= 0.6 is 23.4 Å². The molecule has 5 heteroatoms. The second-order valence-electron chi connectivity index (χ2n) is 5.10. The topological polar surface area (TPSA) is 29.9 Å². The van der Waals surface area contributed by atoms with Crippen molar-refractivity contribution >= 4 is 23.4 Å². The van der Waals surface area contributed by atoms with E-state index in [4.69, 9.17) is 11.6 Å². The average molecular weight is 308 g/mol. The Bertz CT molecular complexity index is 597. The summed E-state index contributed by atoms with van der Waals surface area (Å²) in [5, 5.41) is 8.68. The van der Waals surface area contributed by atoms with Gasteiger partial charge >= 0.3 is 0 Å². The fourth-order valence-corrected chi connectivity index (χ4v) is 3.86. The number of thioether (sulfide) groups is 1. The van der Waals surface area contributed by atoms with E-state index in [1.165, 1.54) is 21.8 Å². The summed E-state index contributed by atoms with van der Waals surface area (Å²) in [4.78, 5) is 1.36. The first-order valence-corrected chi connectivity index (χ1v) is 8.22. The van der Waals surface area contributed by atoms with E-state index in [1.54, 1.807) is 0 Å². The highest BCUT2D eigenvalue weighted by atomic mass is 35.5. The van der Waals surface area contributed by atoms with Crippen LogP contribution in [-0.4, -0.2) is 22.1 Å². The van der Waals surface area contributed by atoms with Gasteiger partial charge in [-0.05, 0) is 54.5 Å². The fourth-order valence-electron chi connectivity index (χ4n) is 2.57. The lowest BCUT2D eigenvalue weighted by atomic mass is 10.0. The van der Waals surface area contributed by atoms with Gasteiger partial charge in [-0.1, -0.05) is 11.6 Å². The lowest BCUT2D eigenvalue weighted by molar-refractivity contribution is 0.514. The quantitative estimate of drug-likeness (QED) is 0.938. The molecule has 0 bridgehead atoms. The Morgan fingerprint density at radius 1 is 1.50 bits per heavy atom. The minimum atomic E-state index is 0.418. The molecule has 0 aliphatic carbocycles. The monoisotopic (exact) mass is 307 g/mol. The normalized spacial score (nSPS) is 18.0. The Morgan fingerprint density at radius 2 is 2.40 bits per heavy atom. The molecule has 3 nitrogen and oxygen atoms in total. The van der Waals surface area contributed by atoms with Crippen LogP contribution in [0.15, 0.2) is 35.5 Å². The van der Waals surface area contributed by atoms with E-state index in [-0.39, 0.29) is 0 Å². The molecule has 3 rings (SSSR count). The minimum Gasteiger partial charge on any atom is -0.310 e. The maximum absolute atomic E-state index is 6.13. The van der Waals surface area contributed by atoms with Crippen molar-refractivity contribution in [2.45, 2.75) is 23.8 Å². The molecule has 2 aromatic rings. The van der Waals surface area contributed by atoms with Crippen LogP contribution in [0, 0.1) is 0 Å². The van der Waals surface area contributed by atoms with Gasteiger partial charge in [0.1, 0.15) is 0 Å². The summed E-state index contributed by atoms with van der Waals surface area (Å²) in [6.07, 6.45) is 6.17. The molecule has 1 aliphatic heterocycles. The SMILES string of the molecule is Cn1cc(CCNC2CCSc3ccc(Cl)cc32)cn1. The minimum absolute atomic E-state index is 0.418. The fraction of sp³-hybridized carbons (Fsp3) is 0.400. The zero-order valence-electron chi connectivity index (χ0n) is 11.5. The first-order valence-electron chi connectivity index (χ1n) is 6.85. The predicted molar refractivity (Wildman–Crippen MR) is 84.4 cm³/mol. The molecule has 1 N–H and O–H groups in total. The van der Waals surface area contributed by atoms with Crippen molar-refractivity contribution < 1.29 is 0 Å². The van der Waals surface area contributed by atoms with Crippen molar-refractivity contribution in [1.82, 2.24) is 15.1 Å². The van der Waals surface area contributed by atoms with Crippen molar-refractivity contribution in [3.63, 3.8) is 0 Å². The summed E-state index contributed by atoms with van der Waals surface area (Å²) >= 11 is 8.05. The molecule has 2 heterocycles. The average Bonchev–Trinajstić information content (AvgIpc) is 2.85. The predicted octanol–water partition coefficient (Wildman–Crippen LogP) is 3.44. The molecule has 0 amide bonds. The number of nitrogens with zero attached hydrogens (tertiary/aromatic N) is 2. The standard InChI is InChI=1S/C15H18ClN3S/c1-19-10-11(9-18-19)4-6-17-14-5-7-20-15-3-2-12(16)8-13(14)15/h2-3,8-10,14,17H,4-7H2,1H3. The smallest absolute Gasteiger partial charge is 0.0522 e. The Kier molecular flexibility index (Phi) is 4.34. The summed E-state index contributed by atoms with van der Waals surface area (Å²) < 4.78 is 1.85. The van der Waals surface area contributed by atoms with Gasteiger partial charge in [0.25, 0.3) is 0 Å². The van der Waals surface area contributed by atoms with Crippen LogP contribution in [-0.2, 0) is 13.5 Å². The maximum Gasteiger partial charge on any atom is 0.0522 e. The zero-order chi connectivity index (χ0) is 13.9. The number of fused-ring (bicyclic) bond motifs is 1. The molecule has 106 valence electrons. The third-order valence-corrected chi connectivity index (χ3v) is 4.93. The second kappa shape index (κ2) is 6.20. The van der Waals surface area contributed by atoms with Gasteiger partial charge in [-0.3, -0.25) is 4.68 Å². The Labute approximate surface area is 128 Å². The third-order valence-electron chi connectivity index (χ3n) is 3.57. The van der Waals surface area contributed by atoms with Crippen molar-refractivity contribution in [3.8, 4) is 0 Å². The molecule has 0 saturated heterocycles. The number of halogens is 1. The van der Waals surface area contributed by atoms with Crippen LogP contribution in [0.4, 0.5) is 0 Å². The number of nitrogens with one attached hydrogen (secondary N) is 1. The summed E-state index contributed by atoms with van der Waals surface area (Å²) in [7, 11) is 1.95. The molecule has 0 spiro atoms. The Morgan fingerprint density at radius 3 is 3.20 bits per heavy atom. The Hall–Kier alpha value is -0.970. The number of aromatic nitrogens is 2. The molecule has 1 atom stereocenters. The molecule has 0 fully saturated rings. The largest absolute Gasteiger partial charge is 0.310 e. The van der Waals surface area contributed by atoms with Crippen LogP contribution < -0.4 is 5.32 Å². The van der Waals surface area contributed by atoms with Crippen LogP contribution in [0.25, 0.3) is 0 Å². The van der Waals surface area contributed by atoms with Gasteiger partial charge in [0, 0.05) is 29.2 Å². The van der Waals surface area contributed by atoms with E-state index in [1.807, 2.05) is 35.8 Å². The lowest BCUT2D eigenvalue weighted by Crippen LogP contribution is -2.26. The Balaban J connectivity index is 1.63. The van der Waals surface area contributed by atoms with Gasteiger partial charge in [-0.25, -0.2) is 0 Å². The number of hydrogen-bond donors (Lipinski definition) is 1. The molecular formula is C15H18ClN3S. The summed E-state index contributed by atoms with van der Waals surface area (Å²) in [6, 6.07) is 6.63. The highest BCUT2D eigenvalue weighted by Crippen LogP contribution is 2.37. The van der Waals surface area contributed by atoms with E-state index in [9.17, 15) is 0 Å². The van der Waals surface area contributed by atoms with Gasteiger partial charge in [-0.2, -0.15) is 5.10 Å². The molecule has 20 heavy (non-hydrogen) atoms. The molecule has 0 saturated carbocycles. The van der Waals surface area contributed by atoms with Gasteiger partial charge in [0.15, 0.2) is 0 Å². The molecular weight excluding hydrogens is 290 g/mol. The molecule has 1 aliphatic rings. The zero-order valence-corrected chi connectivity index (χ0v) is 13.0. The van der Waals surface area contributed by atoms with Gasteiger partial charge in [-0.15, -0.1) is 11.8 Å². The number of hydrogen-bond acceptors (Lipinski definition) is 3. The lowest BCUT2D eigenvalue weighted by Gasteiger charge is -2.26. The molecule has 0 radical (unpaired) electrons. The van der Waals surface area contributed by atoms with Crippen LogP contribution in [0.3, 0.4) is 0 Å². The molecule has 1 aromatic carbocycles. The number of benzene rings is 1. The second-order valence-corrected chi connectivity index (χ2v) is 6.67. The van der Waals surface area contributed by atoms with E-state index in [2.05, 4.69) is 28.7 Å². The van der Waals surface area contributed by atoms with Crippen molar-refractivity contribution in [3.05, 3.63) is 46.7 Å². The number of aryl methyl sites for hydroxylation is 1. The van der Waals surface area contributed by atoms with Crippen LogP contribution in [0.2, 0.25) is 5.02 Å². The van der Waals surface area contributed by atoms with E-state index in [0.29, 0.717) is 6.04 Å². The summed E-state index contributed by atoms with van der Waals surface area (Å²) in [5.74, 6) is 1.17. The summed E-state index contributed by atoms with van der Waals surface area (Å²) in [6.45, 7) is 0.965. The highest BCUT2D eigenvalue weighted by Gasteiger charge is 2.20. The van der Waals surface area contributed by atoms with Gasteiger partial charge in [0.2, 0.25) is 0 Å². The van der Waals surface area contributed by atoms with Crippen LogP contribution in [0.5, 0.6) is 0 Å². The molecule has 1 unspecified atom stereocenters. The van der Waals surface area contributed by atoms with Crippen molar-refractivity contribution in [2.24, 2.45) is 7.05 Å². The maximum atomic E-state index is 6.13. The third kappa shape index (κ3) is 3.19. The summed E-state index contributed by atoms with van der Waals surface area (Å²) in [5.41, 5.74) is 2.62. The van der Waals surface area contributed by atoms with Crippen molar-refractivity contribution in [1.29, 1.82) is 0 Å². The molecule has 1 aromatic heterocycles. The number of rotatable bonds is 4. The van der Waals surface area contributed by atoms with Crippen LogP contribution in [0.1, 0.15) is 23.6 Å². The van der Waals surface area contributed by atoms with E-state index in [0.717, 1.165) is 24.4 Å². The van der Waals surface area contributed by atoms with E-state index < -0.39 is 0 Å². The van der Waals surface area contributed by atoms with Crippen molar-refractivity contribution in [2.75, 3.05) is 12.3 Å². The first-order chi connectivity index (χ1) is 9.72.